The van der Waals surface area contributed by atoms with E-state index < -0.39 is 10.0 Å². The van der Waals surface area contributed by atoms with Crippen LogP contribution >= 0.6 is 0 Å². The third kappa shape index (κ3) is 4.13. The second-order valence-electron chi connectivity index (χ2n) is 6.75. The van der Waals surface area contributed by atoms with E-state index in [1.54, 1.807) is 24.5 Å². The number of hydrogen-bond acceptors (Lipinski definition) is 5. The van der Waals surface area contributed by atoms with Crippen molar-refractivity contribution < 1.29 is 17.6 Å². The first-order valence-electron chi connectivity index (χ1n) is 8.87. The molecule has 2 N–H and O–H groups in total. The Balaban J connectivity index is 1.48. The maximum Gasteiger partial charge on any atom is 0.255 e. The van der Waals surface area contributed by atoms with Crippen molar-refractivity contribution in [1.29, 1.82) is 0 Å². The smallest absolute Gasteiger partial charge is 0.255 e. The van der Waals surface area contributed by atoms with Gasteiger partial charge < -0.3 is 9.73 Å². The van der Waals surface area contributed by atoms with Crippen LogP contribution in [0.1, 0.15) is 28.9 Å². The summed E-state index contributed by atoms with van der Waals surface area (Å²) in [5.74, 6) is 0.145. The van der Waals surface area contributed by atoms with Gasteiger partial charge in [-0.05, 0) is 62.2 Å². The number of benzene rings is 2. The summed E-state index contributed by atoms with van der Waals surface area (Å²) in [5.41, 5.74) is 2.47. The normalized spacial score (nSPS) is 14.0. The highest BCUT2D eigenvalue weighted by Crippen LogP contribution is 2.24. The van der Waals surface area contributed by atoms with E-state index in [2.05, 4.69) is 15.0 Å². The molecule has 0 spiro atoms. The van der Waals surface area contributed by atoms with Gasteiger partial charge >= 0.3 is 0 Å². The van der Waals surface area contributed by atoms with Gasteiger partial charge in [0, 0.05) is 22.9 Å². The lowest BCUT2D eigenvalue weighted by molar-refractivity contribution is 0.102. The third-order valence-corrected chi connectivity index (χ3v) is 5.85. The molecular weight excluding hydrogens is 378 g/mol. The lowest BCUT2D eigenvalue weighted by Gasteiger charge is -2.08. The molecule has 0 bridgehead atoms. The predicted molar refractivity (Wildman–Crippen MR) is 104 cm³/mol. The highest BCUT2D eigenvalue weighted by Gasteiger charge is 2.28. The Morgan fingerprint density at radius 2 is 1.89 bits per heavy atom. The first-order valence-corrected chi connectivity index (χ1v) is 10.4. The molecule has 28 heavy (non-hydrogen) atoms. The number of carbonyl (C=O) groups excluding carboxylic acids is 1. The summed E-state index contributed by atoms with van der Waals surface area (Å²) >= 11 is 0. The minimum absolute atomic E-state index is 0.0349. The van der Waals surface area contributed by atoms with E-state index in [4.69, 9.17) is 4.42 Å². The zero-order valence-corrected chi connectivity index (χ0v) is 16.0. The fraction of sp³-hybridized carbons (Fsp3) is 0.200. The van der Waals surface area contributed by atoms with E-state index >= 15 is 0 Å². The Morgan fingerprint density at radius 1 is 1.14 bits per heavy atom. The fourth-order valence-electron chi connectivity index (χ4n) is 2.69. The Bertz CT molecular complexity index is 1120. The lowest BCUT2D eigenvalue weighted by atomic mass is 10.1. The third-order valence-electron chi connectivity index (χ3n) is 4.31. The summed E-state index contributed by atoms with van der Waals surface area (Å²) in [5, 5.41) is 2.80. The SMILES string of the molecule is Cc1coc(-c2cccc(NC(=O)c3ccc(S(=O)(=O)NC4CC4)cc3)c2)n1. The number of nitrogens with one attached hydrogen (secondary N) is 2. The number of anilines is 1. The van der Waals surface area contributed by atoms with Crippen LogP contribution in [0.3, 0.4) is 0 Å². The van der Waals surface area contributed by atoms with Crippen LogP contribution < -0.4 is 10.0 Å². The van der Waals surface area contributed by atoms with Crippen molar-refractivity contribution in [3.8, 4) is 11.5 Å². The van der Waals surface area contributed by atoms with Crippen LogP contribution in [-0.2, 0) is 10.0 Å². The topological polar surface area (TPSA) is 101 Å². The zero-order chi connectivity index (χ0) is 19.7. The maximum atomic E-state index is 12.5. The first kappa shape index (κ1) is 18.4. The largest absolute Gasteiger partial charge is 0.444 e. The van der Waals surface area contributed by atoms with Gasteiger partial charge in [-0.1, -0.05) is 6.07 Å². The van der Waals surface area contributed by atoms with Crippen LogP contribution in [0.15, 0.2) is 64.1 Å². The highest BCUT2D eigenvalue weighted by atomic mass is 32.2. The van der Waals surface area contributed by atoms with E-state index in [0.29, 0.717) is 17.1 Å². The van der Waals surface area contributed by atoms with Crippen LogP contribution in [0, 0.1) is 6.92 Å². The Labute approximate surface area is 162 Å². The number of sulfonamides is 1. The van der Waals surface area contributed by atoms with Gasteiger partial charge in [0.2, 0.25) is 15.9 Å². The molecule has 144 valence electrons. The lowest BCUT2D eigenvalue weighted by Crippen LogP contribution is -2.25. The van der Waals surface area contributed by atoms with E-state index in [1.165, 1.54) is 24.3 Å². The molecule has 3 aromatic rings. The molecular formula is C20H19N3O4S. The fourth-order valence-corrected chi connectivity index (χ4v) is 4.00. The molecule has 4 rings (SSSR count). The minimum atomic E-state index is -3.53. The number of rotatable bonds is 6. The van der Waals surface area contributed by atoms with Crippen molar-refractivity contribution in [3.05, 3.63) is 66.1 Å². The monoisotopic (exact) mass is 397 g/mol. The van der Waals surface area contributed by atoms with Crippen molar-refractivity contribution >= 4 is 21.6 Å². The van der Waals surface area contributed by atoms with Gasteiger partial charge in [0.1, 0.15) is 6.26 Å². The molecule has 0 radical (unpaired) electrons. The average molecular weight is 397 g/mol. The maximum absolute atomic E-state index is 12.5. The molecule has 0 unspecified atom stereocenters. The van der Waals surface area contributed by atoms with Gasteiger partial charge in [-0.15, -0.1) is 0 Å². The van der Waals surface area contributed by atoms with E-state index in [1.807, 2.05) is 13.0 Å². The second kappa shape index (κ2) is 7.21. The molecule has 1 aliphatic rings. The molecule has 0 saturated heterocycles. The molecule has 1 fully saturated rings. The van der Waals surface area contributed by atoms with Gasteiger partial charge in [-0.2, -0.15) is 0 Å². The van der Waals surface area contributed by atoms with Gasteiger partial charge in [-0.3, -0.25) is 4.79 Å². The summed E-state index contributed by atoms with van der Waals surface area (Å²) < 4.78 is 32.4. The summed E-state index contributed by atoms with van der Waals surface area (Å²) in [7, 11) is -3.53. The van der Waals surface area contributed by atoms with Crippen molar-refractivity contribution in [2.75, 3.05) is 5.32 Å². The molecule has 1 saturated carbocycles. The molecule has 7 nitrogen and oxygen atoms in total. The van der Waals surface area contributed by atoms with Crippen molar-refractivity contribution in [3.63, 3.8) is 0 Å². The molecule has 8 heteroatoms. The number of aryl methyl sites for hydroxylation is 1. The average Bonchev–Trinajstić information content (AvgIpc) is 3.37. The number of nitrogens with zero attached hydrogens (tertiary/aromatic N) is 1. The van der Waals surface area contributed by atoms with Crippen LogP contribution in [0.2, 0.25) is 0 Å². The quantitative estimate of drug-likeness (QED) is 0.664. The van der Waals surface area contributed by atoms with E-state index in [0.717, 1.165) is 24.1 Å². The predicted octanol–water partition coefficient (Wildman–Crippen LogP) is 3.34. The van der Waals surface area contributed by atoms with Gasteiger partial charge in [0.05, 0.1) is 10.6 Å². The van der Waals surface area contributed by atoms with Crippen molar-refractivity contribution in [2.24, 2.45) is 0 Å². The minimum Gasteiger partial charge on any atom is -0.444 e. The summed E-state index contributed by atoms with van der Waals surface area (Å²) in [6, 6.07) is 13.1. The Hall–Kier alpha value is -2.97. The molecule has 1 aromatic heterocycles. The summed E-state index contributed by atoms with van der Waals surface area (Å²) in [6.07, 6.45) is 3.30. The van der Waals surface area contributed by atoms with Gasteiger partial charge in [0.25, 0.3) is 5.91 Å². The van der Waals surface area contributed by atoms with Crippen LogP contribution in [0.25, 0.3) is 11.5 Å². The molecule has 1 amide bonds. The summed E-state index contributed by atoms with van der Waals surface area (Å²) in [4.78, 5) is 16.9. The highest BCUT2D eigenvalue weighted by molar-refractivity contribution is 7.89. The molecule has 1 heterocycles. The second-order valence-corrected chi connectivity index (χ2v) is 8.46. The molecule has 0 atom stereocenters. The standard InChI is InChI=1S/C20H19N3O4S/c1-13-12-27-20(21-13)15-3-2-4-17(11-15)22-19(24)14-5-9-18(10-6-14)28(25,26)23-16-7-8-16/h2-6,9-12,16,23H,7-8H2,1H3,(H,22,24). The van der Waals surface area contributed by atoms with Crippen LogP contribution in [0.4, 0.5) is 5.69 Å². The molecule has 1 aliphatic carbocycles. The first-order chi connectivity index (χ1) is 13.4. The Kier molecular flexibility index (Phi) is 4.74. The van der Waals surface area contributed by atoms with Crippen LogP contribution in [-0.4, -0.2) is 25.4 Å². The van der Waals surface area contributed by atoms with Crippen LogP contribution in [0.5, 0.6) is 0 Å². The van der Waals surface area contributed by atoms with Crippen molar-refractivity contribution in [2.45, 2.75) is 30.7 Å². The Morgan fingerprint density at radius 3 is 2.54 bits per heavy atom. The number of carbonyl (C=O) groups is 1. The van der Waals surface area contributed by atoms with Gasteiger partial charge in [-0.25, -0.2) is 18.1 Å². The zero-order valence-electron chi connectivity index (χ0n) is 15.2. The molecule has 0 aliphatic heterocycles. The number of hydrogen-bond donors (Lipinski definition) is 2. The molecule has 2 aromatic carbocycles. The number of aromatic nitrogens is 1. The summed E-state index contributed by atoms with van der Waals surface area (Å²) in [6.45, 7) is 1.84. The van der Waals surface area contributed by atoms with Gasteiger partial charge in [0.15, 0.2) is 0 Å². The number of oxazole rings is 1. The number of amides is 1. The van der Waals surface area contributed by atoms with Crippen molar-refractivity contribution in [1.82, 2.24) is 9.71 Å². The van der Waals surface area contributed by atoms with E-state index in [9.17, 15) is 13.2 Å². The van der Waals surface area contributed by atoms with E-state index in [-0.39, 0.29) is 16.8 Å².